The van der Waals surface area contributed by atoms with Crippen molar-refractivity contribution in [2.24, 2.45) is 0 Å². The predicted molar refractivity (Wildman–Crippen MR) is 61.9 cm³/mol. The fourth-order valence-electron chi connectivity index (χ4n) is 1.61. The van der Waals surface area contributed by atoms with Gasteiger partial charge in [0.2, 0.25) is 0 Å². The number of hydrogen-bond acceptors (Lipinski definition) is 3. The van der Waals surface area contributed by atoms with E-state index in [-0.39, 0.29) is 6.04 Å². The van der Waals surface area contributed by atoms with Gasteiger partial charge in [-0.3, -0.25) is 9.69 Å². The predicted octanol–water partition coefficient (Wildman–Crippen LogP) is 1.92. The lowest BCUT2D eigenvalue weighted by atomic mass is 10.1. The van der Waals surface area contributed by atoms with E-state index in [4.69, 9.17) is 5.11 Å². The van der Waals surface area contributed by atoms with Crippen LogP contribution in [0.5, 0.6) is 0 Å². The quantitative estimate of drug-likeness (QED) is 0.710. The van der Waals surface area contributed by atoms with Gasteiger partial charge in [0.05, 0.1) is 0 Å². The monoisotopic (exact) mass is 219 g/mol. The standard InChI is InChI=1S/C10H21NO2S/c1-5-11(8(2)3)9(10(12)13)6-7-14-4/h8-9H,5-7H2,1-4H3,(H,12,13). The number of hydrogen-bond donors (Lipinski definition) is 1. The molecule has 0 heterocycles. The molecule has 0 radical (unpaired) electrons. The molecule has 0 amide bonds. The van der Waals surface area contributed by atoms with Gasteiger partial charge in [-0.1, -0.05) is 6.92 Å². The van der Waals surface area contributed by atoms with Crippen LogP contribution in [0.3, 0.4) is 0 Å². The molecule has 0 aromatic carbocycles. The smallest absolute Gasteiger partial charge is 0.320 e. The second-order valence-corrected chi connectivity index (χ2v) is 4.55. The zero-order valence-corrected chi connectivity index (χ0v) is 10.3. The highest BCUT2D eigenvalue weighted by atomic mass is 32.2. The molecule has 0 saturated carbocycles. The Morgan fingerprint density at radius 2 is 2.07 bits per heavy atom. The van der Waals surface area contributed by atoms with Gasteiger partial charge in [0.15, 0.2) is 0 Å². The van der Waals surface area contributed by atoms with Crippen molar-refractivity contribution >= 4 is 17.7 Å². The van der Waals surface area contributed by atoms with Crippen LogP contribution in [0.4, 0.5) is 0 Å². The van der Waals surface area contributed by atoms with E-state index in [1.807, 2.05) is 31.9 Å². The zero-order valence-electron chi connectivity index (χ0n) is 9.49. The van der Waals surface area contributed by atoms with Gasteiger partial charge in [0.1, 0.15) is 6.04 Å². The molecular weight excluding hydrogens is 198 g/mol. The van der Waals surface area contributed by atoms with Crippen molar-refractivity contribution in [2.45, 2.75) is 39.3 Å². The summed E-state index contributed by atoms with van der Waals surface area (Å²) >= 11 is 1.70. The molecule has 0 aliphatic rings. The van der Waals surface area contributed by atoms with Gasteiger partial charge in [0, 0.05) is 6.04 Å². The molecule has 0 aliphatic heterocycles. The number of carboxylic acids is 1. The van der Waals surface area contributed by atoms with E-state index in [2.05, 4.69) is 0 Å². The summed E-state index contributed by atoms with van der Waals surface area (Å²) in [6.45, 7) is 6.88. The van der Waals surface area contributed by atoms with Crippen molar-refractivity contribution < 1.29 is 9.90 Å². The first-order valence-electron chi connectivity index (χ1n) is 5.02. The fourth-order valence-corrected chi connectivity index (χ4v) is 2.07. The topological polar surface area (TPSA) is 40.5 Å². The number of rotatable bonds is 7. The third-order valence-corrected chi connectivity index (χ3v) is 2.95. The number of thioether (sulfide) groups is 1. The Morgan fingerprint density at radius 3 is 2.36 bits per heavy atom. The Labute approximate surface area is 90.9 Å². The van der Waals surface area contributed by atoms with Crippen LogP contribution < -0.4 is 0 Å². The lowest BCUT2D eigenvalue weighted by Crippen LogP contribution is -2.45. The molecule has 1 atom stereocenters. The maximum atomic E-state index is 11.1. The second-order valence-electron chi connectivity index (χ2n) is 3.56. The molecule has 0 aromatic rings. The van der Waals surface area contributed by atoms with Crippen molar-refractivity contribution in [1.82, 2.24) is 4.90 Å². The van der Waals surface area contributed by atoms with Gasteiger partial charge in [0.25, 0.3) is 0 Å². The first kappa shape index (κ1) is 13.8. The first-order chi connectivity index (χ1) is 6.54. The summed E-state index contributed by atoms with van der Waals surface area (Å²) in [4.78, 5) is 13.1. The fraction of sp³-hybridized carbons (Fsp3) is 0.900. The largest absolute Gasteiger partial charge is 0.480 e. The van der Waals surface area contributed by atoms with Crippen LogP contribution in [-0.4, -0.2) is 46.6 Å². The molecule has 3 nitrogen and oxygen atoms in total. The summed E-state index contributed by atoms with van der Waals surface area (Å²) in [5.74, 6) is 0.204. The molecule has 14 heavy (non-hydrogen) atoms. The highest BCUT2D eigenvalue weighted by molar-refractivity contribution is 7.98. The molecule has 0 aromatic heterocycles. The Hall–Kier alpha value is -0.220. The Kier molecular flexibility index (Phi) is 7.01. The zero-order chi connectivity index (χ0) is 11.1. The molecule has 0 spiro atoms. The van der Waals surface area contributed by atoms with Crippen LogP contribution in [0.2, 0.25) is 0 Å². The minimum atomic E-state index is -0.699. The Balaban J connectivity index is 4.36. The van der Waals surface area contributed by atoms with E-state index < -0.39 is 5.97 Å². The lowest BCUT2D eigenvalue weighted by Gasteiger charge is -2.31. The van der Waals surface area contributed by atoms with Crippen LogP contribution in [0.25, 0.3) is 0 Å². The maximum absolute atomic E-state index is 11.1. The van der Waals surface area contributed by atoms with Crippen LogP contribution >= 0.6 is 11.8 Å². The molecule has 4 heteroatoms. The lowest BCUT2D eigenvalue weighted by molar-refractivity contribution is -0.144. The molecular formula is C10H21NO2S. The van der Waals surface area contributed by atoms with Crippen molar-refractivity contribution in [3.05, 3.63) is 0 Å². The highest BCUT2D eigenvalue weighted by Crippen LogP contribution is 2.11. The third kappa shape index (κ3) is 4.33. The Morgan fingerprint density at radius 1 is 1.50 bits per heavy atom. The normalized spacial score (nSPS) is 13.6. The number of carbonyl (C=O) groups is 1. The minimum absolute atomic E-state index is 0.294. The van der Waals surface area contributed by atoms with E-state index in [0.717, 1.165) is 18.7 Å². The molecule has 84 valence electrons. The van der Waals surface area contributed by atoms with Gasteiger partial charge in [-0.25, -0.2) is 0 Å². The van der Waals surface area contributed by atoms with Crippen molar-refractivity contribution in [2.75, 3.05) is 18.6 Å². The molecule has 1 unspecified atom stereocenters. The van der Waals surface area contributed by atoms with Gasteiger partial charge < -0.3 is 5.11 Å². The Bertz CT molecular complexity index is 174. The molecule has 0 bridgehead atoms. The van der Waals surface area contributed by atoms with Gasteiger partial charge in [-0.05, 0) is 38.8 Å². The van der Waals surface area contributed by atoms with E-state index in [1.165, 1.54) is 0 Å². The van der Waals surface area contributed by atoms with Crippen molar-refractivity contribution in [3.8, 4) is 0 Å². The summed E-state index contributed by atoms with van der Waals surface area (Å²) in [6, 6.07) is -0.0320. The van der Waals surface area contributed by atoms with Gasteiger partial charge in [-0.2, -0.15) is 11.8 Å². The van der Waals surface area contributed by atoms with Crippen LogP contribution in [0.15, 0.2) is 0 Å². The summed E-state index contributed by atoms with van der Waals surface area (Å²) < 4.78 is 0. The van der Waals surface area contributed by atoms with Gasteiger partial charge >= 0.3 is 5.97 Å². The van der Waals surface area contributed by atoms with E-state index in [9.17, 15) is 4.79 Å². The molecule has 0 rings (SSSR count). The average Bonchev–Trinajstić information content (AvgIpc) is 2.10. The first-order valence-corrected chi connectivity index (χ1v) is 6.41. The van der Waals surface area contributed by atoms with E-state index in [1.54, 1.807) is 11.8 Å². The summed E-state index contributed by atoms with van der Waals surface area (Å²) in [6.07, 6.45) is 2.73. The van der Waals surface area contributed by atoms with Crippen molar-refractivity contribution in [1.29, 1.82) is 0 Å². The second kappa shape index (κ2) is 7.12. The average molecular weight is 219 g/mol. The van der Waals surface area contributed by atoms with Crippen LogP contribution in [0.1, 0.15) is 27.2 Å². The number of aliphatic carboxylic acids is 1. The summed E-state index contributed by atoms with van der Waals surface area (Å²) in [7, 11) is 0. The molecule has 0 fully saturated rings. The van der Waals surface area contributed by atoms with Gasteiger partial charge in [-0.15, -0.1) is 0 Å². The molecule has 1 N–H and O–H groups in total. The summed E-state index contributed by atoms with van der Waals surface area (Å²) in [5, 5.41) is 9.10. The summed E-state index contributed by atoms with van der Waals surface area (Å²) in [5.41, 5.74) is 0. The maximum Gasteiger partial charge on any atom is 0.320 e. The van der Waals surface area contributed by atoms with Crippen LogP contribution in [-0.2, 0) is 4.79 Å². The molecule has 0 aliphatic carbocycles. The minimum Gasteiger partial charge on any atom is -0.480 e. The third-order valence-electron chi connectivity index (χ3n) is 2.31. The highest BCUT2D eigenvalue weighted by Gasteiger charge is 2.25. The molecule has 0 saturated heterocycles. The number of likely N-dealkylation sites (N-methyl/N-ethyl adjacent to an activating group) is 1. The SMILES string of the molecule is CCN(C(C)C)C(CCSC)C(=O)O. The van der Waals surface area contributed by atoms with Crippen LogP contribution in [0, 0.1) is 0 Å². The number of carboxylic acid groups (broad SMARTS) is 1. The number of nitrogens with zero attached hydrogens (tertiary/aromatic N) is 1. The van der Waals surface area contributed by atoms with E-state index in [0.29, 0.717) is 6.04 Å². The van der Waals surface area contributed by atoms with Crippen molar-refractivity contribution in [3.63, 3.8) is 0 Å². The van der Waals surface area contributed by atoms with E-state index >= 15 is 0 Å².